The first-order chi connectivity index (χ1) is 12.1. The number of carbonyl (C=O) groups excluding carboxylic acids is 1. The van der Waals surface area contributed by atoms with E-state index in [1.165, 1.54) is 11.3 Å². The van der Waals surface area contributed by atoms with E-state index in [1.54, 1.807) is 30.7 Å². The summed E-state index contributed by atoms with van der Waals surface area (Å²) >= 11 is 3.08. The van der Waals surface area contributed by atoms with E-state index in [-0.39, 0.29) is 12.4 Å². The number of carbonyl (C=O) groups is 1. The number of esters is 1. The SMILES string of the molecule is CCOC(=O)Cc1sc(-c2cnc(N(C)C)nc2)nc1-c1ccsc1. The van der Waals surface area contributed by atoms with Crippen molar-refractivity contribution >= 4 is 34.6 Å². The molecule has 3 aromatic rings. The van der Waals surface area contributed by atoms with E-state index in [0.29, 0.717) is 12.6 Å². The average molecular weight is 374 g/mol. The lowest BCUT2D eigenvalue weighted by Gasteiger charge is -2.08. The number of aromatic nitrogens is 3. The van der Waals surface area contributed by atoms with Gasteiger partial charge in [-0.3, -0.25) is 4.79 Å². The van der Waals surface area contributed by atoms with Crippen LogP contribution in [0.3, 0.4) is 0 Å². The Morgan fingerprint density at radius 3 is 2.60 bits per heavy atom. The number of thiophene rings is 1. The molecule has 0 aliphatic carbocycles. The van der Waals surface area contributed by atoms with Crippen molar-refractivity contribution < 1.29 is 9.53 Å². The van der Waals surface area contributed by atoms with Crippen molar-refractivity contribution in [3.8, 4) is 21.8 Å². The van der Waals surface area contributed by atoms with Gasteiger partial charge >= 0.3 is 5.97 Å². The van der Waals surface area contributed by atoms with Crippen LogP contribution in [0.4, 0.5) is 5.95 Å². The summed E-state index contributed by atoms with van der Waals surface area (Å²) in [5.41, 5.74) is 2.67. The fraction of sp³-hybridized carbons (Fsp3) is 0.294. The standard InChI is InChI=1S/C17H18N4O2S2/c1-4-23-14(22)7-13-15(11-5-6-24-10-11)20-16(25-13)12-8-18-17(19-9-12)21(2)3/h5-6,8-10H,4,7H2,1-3H3. The lowest BCUT2D eigenvalue weighted by atomic mass is 10.2. The Labute approximate surface area is 154 Å². The second-order valence-electron chi connectivity index (χ2n) is 5.45. The van der Waals surface area contributed by atoms with Gasteiger partial charge in [0.2, 0.25) is 5.95 Å². The zero-order valence-corrected chi connectivity index (χ0v) is 15.9. The van der Waals surface area contributed by atoms with Crippen molar-refractivity contribution in [2.75, 3.05) is 25.6 Å². The maximum Gasteiger partial charge on any atom is 0.311 e. The van der Waals surface area contributed by atoms with Gasteiger partial charge in [0.05, 0.1) is 18.7 Å². The van der Waals surface area contributed by atoms with E-state index in [9.17, 15) is 4.79 Å². The van der Waals surface area contributed by atoms with E-state index in [1.807, 2.05) is 35.8 Å². The normalized spacial score (nSPS) is 10.7. The lowest BCUT2D eigenvalue weighted by Crippen LogP contribution is -2.12. The van der Waals surface area contributed by atoms with Crippen LogP contribution in [0.5, 0.6) is 0 Å². The van der Waals surface area contributed by atoms with Gasteiger partial charge in [-0.1, -0.05) is 0 Å². The molecule has 8 heteroatoms. The van der Waals surface area contributed by atoms with Crippen LogP contribution < -0.4 is 4.90 Å². The third-order valence-corrected chi connectivity index (χ3v) is 5.17. The summed E-state index contributed by atoms with van der Waals surface area (Å²) < 4.78 is 5.09. The number of hydrogen-bond acceptors (Lipinski definition) is 8. The minimum absolute atomic E-state index is 0.216. The van der Waals surface area contributed by atoms with E-state index in [2.05, 4.69) is 9.97 Å². The van der Waals surface area contributed by atoms with Crippen molar-refractivity contribution in [1.29, 1.82) is 0 Å². The highest BCUT2D eigenvalue weighted by atomic mass is 32.1. The molecule has 0 aliphatic heterocycles. The zero-order chi connectivity index (χ0) is 17.8. The molecule has 0 atom stereocenters. The molecule has 0 aromatic carbocycles. The summed E-state index contributed by atoms with van der Waals surface area (Å²) in [4.78, 5) is 28.1. The maximum atomic E-state index is 11.9. The second kappa shape index (κ2) is 7.71. The summed E-state index contributed by atoms with van der Waals surface area (Å²) in [5, 5.41) is 4.82. The summed E-state index contributed by atoms with van der Waals surface area (Å²) in [7, 11) is 3.79. The number of ether oxygens (including phenoxy) is 1. The van der Waals surface area contributed by atoms with Crippen LogP contribution in [0, 0.1) is 0 Å². The van der Waals surface area contributed by atoms with Crippen LogP contribution >= 0.6 is 22.7 Å². The number of hydrogen-bond donors (Lipinski definition) is 0. The highest BCUT2D eigenvalue weighted by Gasteiger charge is 2.18. The van der Waals surface area contributed by atoms with Gasteiger partial charge < -0.3 is 9.64 Å². The Morgan fingerprint density at radius 1 is 1.24 bits per heavy atom. The summed E-state index contributed by atoms with van der Waals surface area (Å²) in [6, 6.07) is 2.00. The molecule has 0 fully saturated rings. The Balaban J connectivity index is 1.96. The minimum Gasteiger partial charge on any atom is -0.466 e. The van der Waals surface area contributed by atoms with Crippen LogP contribution in [0.25, 0.3) is 21.8 Å². The molecule has 130 valence electrons. The smallest absolute Gasteiger partial charge is 0.311 e. The van der Waals surface area contributed by atoms with E-state index in [0.717, 1.165) is 26.7 Å². The fourth-order valence-corrected chi connectivity index (χ4v) is 3.91. The highest BCUT2D eigenvalue weighted by Crippen LogP contribution is 2.35. The lowest BCUT2D eigenvalue weighted by molar-refractivity contribution is -0.142. The van der Waals surface area contributed by atoms with E-state index in [4.69, 9.17) is 9.72 Å². The number of anilines is 1. The summed E-state index contributed by atoms with van der Waals surface area (Å²) in [6.07, 6.45) is 3.73. The van der Waals surface area contributed by atoms with Crippen LogP contribution in [-0.2, 0) is 16.0 Å². The molecular weight excluding hydrogens is 356 g/mol. The summed E-state index contributed by atoms with van der Waals surface area (Å²) in [6.45, 7) is 2.18. The predicted octanol–water partition coefficient (Wildman–Crippen LogP) is 3.50. The molecule has 0 amide bonds. The van der Waals surface area contributed by atoms with Crippen molar-refractivity contribution in [3.05, 3.63) is 34.1 Å². The zero-order valence-electron chi connectivity index (χ0n) is 14.2. The van der Waals surface area contributed by atoms with Crippen LogP contribution in [0.2, 0.25) is 0 Å². The third-order valence-electron chi connectivity index (χ3n) is 3.39. The molecule has 25 heavy (non-hydrogen) atoms. The van der Waals surface area contributed by atoms with Crippen molar-refractivity contribution in [2.45, 2.75) is 13.3 Å². The Bertz CT molecular complexity index is 842. The second-order valence-corrected chi connectivity index (χ2v) is 7.31. The van der Waals surface area contributed by atoms with Gasteiger partial charge in [0.15, 0.2) is 0 Å². The third kappa shape index (κ3) is 4.02. The first kappa shape index (κ1) is 17.5. The molecule has 0 unspecified atom stereocenters. The first-order valence-corrected chi connectivity index (χ1v) is 9.52. The van der Waals surface area contributed by atoms with E-state index >= 15 is 0 Å². The molecular formula is C17H18N4O2S2. The largest absolute Gasteiger partial charge is 0.466 e. The molecule has 3 rings (SSSR count). The highest BCUT2D eigenvalue weighted by molar-refractivity contribution is 7.15. The van der Waals surface area contributed by atoms with Crippen LogP contribution in [0.15, 0.2) is 29.2 Å². The number of thiazole rings is 1. The molecule has 0 aliphatic rings. The minimum atomic E-state index is -0.242. The topological polar surface area (TPSA) is 68.2 Å². The number of nitrogens with zero attached hydrogens (tertiary/aromatic N) is 4. The monoisotopic (exact) mass is 374 g/mol. The predicted molar refractivity (Wildman–Crippen MR) is 101 cm³/mol. The quantitative estimate of drug-likeness (QED) is 0.615. The van der Waals surface area contributed by atoms with Crippen LogP contribution in [-0.4, -0.2) is 41.6 Å². The molecule has 0 N–H and O–H groups in total. The molecule has 3 aromatic heterocycles. The van der Waals surface area contributed by atoms with Gasteiger partial charge in [0.1, 0.15) is 5.01 Å². The molecule has 0 saturated heterocycles. The maximum absolute atomic E-state index is 11.9. The van der Waals surface area contributed by atoms with Crippen molar-refractivity contribution in [3.63, 3.8) is 0 Å². The van der Waals surface area contributed by atoms with Gasteiger partial charge in [-0.05, 0) is 18.4 Å². The van der Waals surface area contributed by atoms with Crippen LogP contribution in [0.1, 0.15) is 11.8 Å². The van der Waals surface area contributed by atoms with Gasteiger partial charge in [0.25, 0.3) is 0 Å². The van der Waals surface area contributed by atoms with Gasteiger partial charge in [-0.15, -0.1) is 11.3 Å². The van der Waals surface area contributed by atoms with Gasteiger partial charge in [-0.2, -0.15) is 11.3 Å². The van der Waals surface area contributed by atoms with Crippen molar-refractivity contribution in [2.24, 2.45) is 0 Å². The molecule has 0 spiro atoms. The number of rotatable bonds is 6. The fourth-order valence-electron chi connectivity index (χ4n) is 2.23. The van der Waals surface area contributed by atoms with Crippen molar-refractivity contribution in [1.82, 2.24) is 15.0 Å². The molecule has 0 radical (unpaired) electrons. The summed E-state index contributed by atoms with van der Waals surface area (Å²) in [5.74, 6) is 0.401. The van der Waals surface area contributed by atoms with Gasteiger partial charge in [-0.25, -0.2) is 15.0 Å². The molecule has 3 heterocycles. The molecule has 0 saturated carbocycles. The first-order valence-electron chi connectivity index (χ1n) is 7.76. The Kier molecular flexibility index (Phi) is 5.40. The van der Waals surface area contributed by atoms with E-state index < -0.39 is 0 Å². The Hall–Kier alpha value is -2.32. The molecule has 6 nitrogen and oxygen atoms in total. The Morgan fingerprint density at radius 2 is 2.00 bits per heavy atom. The molecule has 0 bridgehead atoms. The van der Waals surface area contributed by atoms with Gasteiger partial charge in [0, 0.05) is 47.9 Å². The average Bonchev–Trinajstić information content (AvgIpc) is 3.24.